The number of rotatable bonds is 19. The molecule has 0 fully saturated rings. The van der Waals surface area contributed by atoms with Crippen LogP contribution in [0.5, 0.6) is 0 Å². The van der Waals surface area contributed by atoms with Gasteiger partial charge in [-0.15, -0.1) is 0 Å². The van der Waals surface area contributed by atoms with Crippen LogP contribution in [0.4, 0.5) is 0 Å². The third kappa shape index (κ3) is 15.5. The standard InChI is InChI=1S/C24H50/c1-5-9-12-15-18-19-23(8-4)22-24(20-16-13-10-6-2)21-17-14-11-7-3/h23-24H,5-22H2,1-4H3. The summed E-state index contributed by atoms with van der Waals surface area (Å²) in [5.41, 5.74) is 0. The Morgan fingerprint density at radius 1 is 0.417 bits per heavy atom. The predicted molar refractivity (Wildman–Crippen MR) is 113 cm³/mol. The SMILES string of the molecule is CCCCCCCC(CC)CC(CCCCCC)CCCCCC. The fourth-order valence-electron chi connectivity index (χ4n) is 4.10. The molecule has 0 heteroatoms. The highest BCUT2D eigenvalue weighted by atomic mass is 14.2. The van der Waals surface area contributed by atoms with Gasteiger partial charge in [0.1, 0.15) is 0 Å². The molecule has 1 unspecified atom stereocenters. The van der Waals surface area contributed by atoms with Gasteiger partial charge in [-0.1, -0.05) is 137 Å². The highest BCUT2D eigenvalue weighted by Gasteiger charge is 2.15. The fourth-order valence-corrected chi connectivity index (χ4v) is 4.10. The average molecular weight is 339 g/mol. The van der Waals surface area contributed by atoms with Gasteiger partial charge in [0.25, 0.3) is 0 Å². The molecule has 0 saturated heterocycles. The van der Waals surface area contributed by atoms with Crippen LogP contribution in [0.2, 0.25) is 0 Å². The Bertz CT molecular complexity index is 208. The Morgan fingerprint density at radius 3 is 1.21 bits per heavy atom. The Labute approximate surface area is 155 Å². The van der Waals surface area contributed by atoms with Crippen LogP contribution >= 0.6 is 0 Å². The summed E-state index contributed by atoms with van der Waals surface area (Å²) >= 11 is 0. The molecule has 0 rings (SSSR count). The lowest BCUT2D eigenvalue weighted by Gasteiger charge is -2.23. The molecule has 24 heavy (non-hydrogen) atoms. The van der Waals surface area contributed by atoms with Gasteiger partial charge in [-0.2, -0.15) is 0 Å². The zero-order chi connectivity index (χ0) is 17.9. The van der Waals surface area contributed by atoms with Gasteiger partial charge >= 0.3 is 0 Å². The average Bonchev–Trinajstić information content (AvgIpc) is 2.60. The molecule has 0 aromatic heterocycles. The van der Waals surface area contributed by atoms with Gasteiger partial charge in [-0.05, 0) is 18.3 Å². The lowest BCUT2D eigenvalue weighted by Crippen LogP contribution is -2.09. The molecule has 0 aliphatic rings. The molecule has 0 saturated carbocycles. The molecule has 0 heterocycles. The minimum Gasteiger partial charge on any atom is -0.0654 e. The van der Waals surface area contributed by atoms with Crippen LogP contribution in [0.15, 0.2) is 0 Å². The lowest BCUT2D eigenvalue weighted by molar-refractivity contribution is 0.294. The maximum atomic E-state index is 2.43. The topological polar surface area (TPSA) is 0 Å². The van der Waals surface area contributed by atoms with Crippen molar-refractivity contribution in [3.05, 3.63) is 0 Å². The van der Waals surface area contributed by atoms with Crippen molar-refractivity contribution in [3.8, 4) is 0 Å². The van der Waals surface area contributed by atoms with E-state index in [1.54, 1.807) is 0 Å². The van der Waals surface area contributed by atoms with Crippen molar-refractivity contribution in [2.75, 3.05) is 0 Å². The molecule has 0 aliphatic heterocycles. The molecule has 0 aromatic rings. The third-order valence-electron chi connectivity index (χ3n) is 5.89. The monoisotopic (exact) mass is 338 g/mol. The second-order valence-corrected chi connectivity index (χ2v) is 8.28. The van der Waals surface area contributed by atoms with Crippen molar-refractivity contribution in [1.82, 2.24) is 0 Å². The lowest BCUT2D eigenvalue weighted by atomic mass is 9.83. The van der Waals surface area contributed by atoms with Crippen LogP contribution in [0, 0.1) is 11.8 Å². The van der Waals surface area contributed by atoms with Crippen molar-refractivity contribution in [1.29, 1.82) is 0 Å². The van der Waals surface area contributed by atoms with Gasteiger partial charge in [0.15, 0.2) is 0 Å². The van der Waals surface area contributed by atoms with Gasteiger partial charge in [0.2, 0.25) is 0 Å². The summed E-state index contributed by atoms with van der Waals surface area (Å²) in [6.07, 6.45) is 26.2. The van der Waals surface area contributed by atoms with E-state index in [2.05, 4.69) is 27.7 Å². The number of unbranched alkanes of at least 4 members (excludes halogenated alkanes) is 10. The fraction of sp³-hybridized carbons (Fsp3) is 1.00. The maximum Gasteiger partial charge on any atom is -0.0412 e. The molecular weight excluding hydrogens is 288 g/mol. The van der Waals surface area contributed by atoms with Crippen LogP contribution in [0.3, 0.4) is 0 Å². The summed E-state index contributed by atoms with van der Waals surface area (Å²) < 4.78 is 0. The number of hydrogen-bond acceptors (Lipinski definition) is 0. The first kappa shape index (κ1) is 24.0. The summed E-state index contributed by atoms with van der Waals surface area (Å²) in [6, 6.07) is 0. The summed E-state index contributed by atoms with van der Waals surface area (Å²) in [5.74, 6) is 2.04. The molecular formula is C24H50. The van der Waals surface area contributed by atoms with E-state index in [1.165, 1.54) is 116 Å². The predicted octanol–water partition coefficient (Wildman–Crippen LogP) is 9.32. The van der Waals surface area contributed by atoms with Gasteiger partial charge in [0, 0.05) is 0 Å². The Morgan fingerprint density at radius 2 is 0.792 bits per heavy atom. The first-order chi connectivity index (χ1) is 11.8. The van der Waals surface area contributed by atoms with E-state index in [9.17, 15) is 0 Å². The van der Waals surface area contributed by atoms with Crippen molar-refractivity contribution in [3.63, 3.8) is 0 Å². The molecule has 1 atom stereocenters. The van der Waals surface area contributed by atoms with Crippen LogP contribution in [-0.4, -0.2) is 0 Å². The van der Waals surface area contributed by atoms with Crippen molar-refractivity contribution >= 4 is 0 Å². The largest absolute Gasteiger partial charge is 0.0654 e. The molecule has 0 amide bonds. The van der Waals surface area contributed by atoms with Gasteiger partial charge < -0.3 is 0 Å². The molecule has 0 nitrogen and oxygen atoms in total. The van der Waals surface area contributed by atoms with E-state index in [0.717, 1.165) is 11.8 Å². The molecule has 0 aliphatic carbocycles. The minimum atomic E-state index is 1.01. The normalized spacial score (nSPS) is 12.9. The van der Waals surface area contributed by atoms with Crippen LogP contribution < -0.4 is 0 Å². The van der Waals surface area contributed by atoms with Crippen LogP contribution in [-0.2, 0) is 0 Å². The molecule has 0 spiro atoms. The highest BCUT2D eigenvalue weighted by Crippen LogP contribution is 2.29. The third-order valence-corrected chi connectivity index (χ3v) is 5.89. The van der Waals surface area contributed by atoms with E-state index < -0.39 is 0 Å². The summed E-state index contributed by atoms with van der Waals surface area (Å²) in [7, 11) is 0. The molecule has 0 aromatic carbocycles. The maximum absolute atomic E-state index is 2.43. The quantitative estimate of drug-likeness (QED) is 0.206. The van der Waals surface area contributed by atoms with Gasteiger partial charge in [-0.25, -0.2) is 0 Å². The molecule has 146 valence electrons. The number of hydrogen-bond donors (Lipinski definition) is 0. The summed E-state index contributed by atoms with van der Waals surface area (Å²) in [5, 5.41) is 0. The zero-order valence-corrected chi connectivity index (χ0v) is 17.9. The smallest absolute Gasteiger partial charge is 0.0412 e. The van der Waals surface area contributed by atoms with E-state index in [-0.39, 0.29) is 0 Å². The Balaban J connectivity index is 4.08. The second kappa shape index (κ2) is 19.3. The van der Waals surface area contributed by atoms with Gasteiger partial charge in [0.05, 0.1) is 0 Å². The highest BCUT2D eigenvalue weighted by molar-refractivity contribution is 4.67. The van der Waals surface area contributed by atoms with E-state index in [1.807, 2.05) is 0 Å². The first-order valence-electron chi connectivity index (χ1n) is 11.8. The van der Waals surface area contributed by atoms with Crippen LogP contribution in [0.25, 0.3) is 0 Å². The first-order valence-corrected chi connectivity index (χ1v) is 11.8. The second-order valence-electron chi connectivity index (χ2n) is 8.28. The van der Waals surface area contributed by atoms with E-state index in [4.69, 9.17) is 0 Å². The summed E-state index contributed by atoms with van der Waals surface area (Å²) in [6.45, 7) is 9.40. The van der Waals surface area contributed by atoms with Gasteiger partial charge in [-0.3, -0.25) is 0 Å². The van der Waals surface area contributed by atoms with E-state index in [0.29, 0.717) is 0 Å². The van der Waals surface area contributed by atoms with Crippen molar-refractivity contribution < 1.29 is 0 Å². The van der Waals surface area contributed by atoms with Crippen molar-refractivity contribution in [2.45, 2.75) is 143 Å². The zero-order valence-electron chi connectivity index (χ0n) is 17.9. The molecule has 0 bridgehead atoms. The van der Waals surface area contributed by atoms with E-state index >= 15 is 0 Å². The Hall–Kier alpha value is 0. The van der Waals surface area contributed by atoms with Crippen LogP contribution in [0.1, 0.15) is 143 Å². The Kier molecular flexibility index (Phi) is 19.3. The molecule has 0 N–H and O–H groups in total. The van der Waals surface area contributed by atoms with Crippen molar-refractivity contribution in [2.24, 2.45) is 11.8 Å². The molecule has 0 radical (unpaired) electrons. The minimum absolute atomic E-state index is 1.01. The summed E-state index contributed by atoms with van der Waals surface area (Å²) in [4.78, 5) is 0.